The van der Waals surface area contributed by atoms with E-state index in [1.807, 2.05) is 0 Å². The number of nitrogen functional groups attached to an aromatic ring is 1. The molecule has 2 rings (SSSR count). The number of aromatic nitrogens is 1. The minimum Gasteiger partial charge on any atom is -0.375 e. The van der Waals surface area contributed by atoms with E-state index < -0.39 is 10.0 Å². The number of carbonyl (C=O) groups excluding carboxylic acids is 1. The van der Waals surface area contributed by atoms with Crippen molar-refractivity contribution in [2.75, 3.05) is 5.73 Å². The van der Waals surface area contributed by atoms with Crippen LogP contribution in [0.5, 0.6) is 0 Å². The zero-order chi connectivity index (χ0) is 14.8. The summed E-state index contributed by atoms with van der Waals surface area (Å²) >= 11 is 1.24. The number of ketones is 1. The predicted octanol–water partition coefficient (Wildman–Crippen LogP) is 1.41. The number of anilines is 1. The lowest BCUT2D eigenvalue weighted by Crippen LogP contribution is -2.23. The molecule has 0 bridgehead atoms. The molecule has 0 saturated carbocycles. The maximum absolute atomic E-state index is 12.1. The zero-order valence-electron chi connectivity index (χ0n) is 10.7. The third kappa shape index (κ3) is 3.41. The van der Waals surface area contributed by atoms with E-state index in [1.165, 1.54) is 36.5 Å². The van der Waals surface area contributed by atoms with Crippen LogP contribution in [0.3, 0.4) is 0 Å². The van der Waals surface area contributed by atoms with Crippen LogP contribution in [0, 0.1) is 0 Å². The smallest absolute Gasteiger partial charge is 0.240 e. The number of rotatable bonds is 5. The van der Waals surface area contributed by atoms with Crippen LogP contribution in [0.15, 0.2) is 34.5 Å². The molecular formula is C12H13N3O3S2. The number of hydrogen-bond donors (Lipinski definition) is 2. The average molecular weight is 311 g/mol. The lowest BCUT2D eigenvalue weighted by molar-refractivity contribution is 0.101. The third-order valence-electron chi connectivity index (χ3n) is 2.56. The van der Waals surface area contributed by atoms with Crippen LogP contribution in [0.25, 0.3) is 0 Å². The summed E-state index contributed by atoms with van der Waals surface area (Å²) in [5.74, 6) is -0.186. The highest BCUT2D eigenvalue weighted by Gasteiger charge is 2.15. The fourth-order valence-electron chi connectivity index (χ4n) is 1.54. The summed E-state index contributed by atoms with van der Waals surface area (Å²) in [6.45, 7) is 1.44. The van der Waals surface area contributed by atoms with Gasteiger partial charge in [-0.05, 0) is 19.1 Å². The summed E-state index contributed by atoms with van der Waals surface area (Å²) in [4.78, 5) is 15.3. The lowest BCUT2D eigenvalue weighted by Gasteiger charge is -2.06. The van der Waals surface area contributed by atoms with Crippen molar-refractivity contribution >= 4 is 32.3 Å². The van der Waals surface area contributed by atoms with Gasteiger partial charge in [0.25, 0.3) is 0 Å². The van der Waals surface area contributed by atoms with E-state index in [2.05, 4.69) is 9.71 Å². The van der Waals surface area contributed by atoms with E-state index in [1.54, 1.807) is 11.4 Å². The lowest BCUT2D eigenvalue weighted by atomic mass is 10.2. The van der Waals surface area contributed by atoms with Crippen molar-refractivity contribution < 1.29 is 13.2 Å². The summed E-state index contributed by atoms with van der Waals surface area (Å²) < 4.78 is 26.6. The highest BCUT2D eigenvalue weighted by atomic mass is 32.2. The monoisotopic (exact) mass is 311 g/mol. The zero-order valence-corrected chi connectivity index (χ0v) is 12.3. The first-order chi connectivity index (χ1) is 9.38. The Kier molecular flexibility index (Phi) is 4.17. The Hall–Kier alpha value is -1.77. The van der Waals surface area contributed by atoms with Gasteiger partial charge in [-0.2, -0.15) is 0 Å². The van der Waals surface area contributed by atoms with E-state index in [0.29, 0.717) is 16.4 Å². The van der Waals surface area contributed by atoms with E-state index in [9.17, 15) is 13.2 Å². The first-order valence-corrected chi connectivity index (χ1v) is 8.05. The fourth-order valence-corrected chi connectivity index (χ4v) is 3.15. The number of nitrogens with zero attached hydrogens (tertiary/aromatic N) is 1. The quantitative estimate of drug-likeness (QED) is 0.813. The first-order valence-electron chi connectivity index (χ1n) is 5.69. The molecule has 3 N–H and O–H groups in total. The van der Waals surface area contributed by atoms with E-state index in [0.717, 1.165) is 0 Å². The topological polar surface area (TPSA) is 102 Å². The molecule has 0 aliphatic rings. The molecule has 1 aromatic heterocycles. The molecule has 0 amide bonds. The van der Waals surface area contributed by atoms with Crippen molar-refractivity contribution in [1.29, 1.82) is 0 Å². The van der Waals surface area contributed by atoms with Crippen LogP contribution in [-0.4, -0.2) is 19.2 Å². The Balaban J connectivity index is 2.17. The van der Waals surface area contributed by atoms with Gasteiger partial charge >= 0.3 is 0 Å². The summed E-state index contributed by atoms with van der Waals surface area (Å²) in [6, 6.07) is 5.89. The van der Waals surface area contributed by atoms with Gasteiger partial charge in [0, 0.05) is 10.9 Å². The number of thiazole rings is 1. The minimum atomic E-state index is -3.68. The Morgan fingerprint density at radius 3 is 2.80 bits per heavy atom. The van der Waals surface area contributed by atoms with Crippen molar-refractivity contribution in [2.24, 2.45) is 0 Å². The van der Waals surface area contributed by atoms with Gasteiger partial charge in [-0.15, -0.1) is 11.3 Å². The first kappa shape index (κ1) is 14.6. The highest BCUT2D eigenvalue weighted by molar-refractivity contribution is 7.89. The molecule has 0 fully saturated rings. The predicted molar refractivity (Wildman–Crippen MR) is 77.0 cm³/mol. The molecule has 0 unspecified atom stereocenters. The molecule has 0 radical (unpaired) electrons. The van der Waals surface area contributed by atoms with E-state index in [4.69, 9.17) is 5.73 Å². The number of carbonyl (C=O) groups is 1. The van der Waals surface area contributed by atoms with Crippen molar-refractivity contribution in [3.8, 4) is 0 Å². The molecule has 0 spiro atoms. The Bertz CT molecular complexity index is 738. The van der Waals surface area contributed by atoms with Crippen LogP contribution >= 0.6 is 11.3 Å². The van der Waals surface area contributed by atoms with Crippen LogP contribution in [0.2, 0.25) is 0 Å². The molecule has 2 aromatic rings. The third-order valence-corrected chi connectivity index (χ3v) is 4.69. The van der Waals surface area contributed by atoms with Gasteiger partial charge in [0.2, 0.25) is 10.0 Å². The largest absolute Gasteiger partial charge is 0.375 e. The fraction of sp³-hybridized carbons (Fsp3) is 0.167. The van der Waals surface area contributed by atoms with Crippen molar-refractivity contribution in [1.82, 2.24) is 9.71 Å². The average Bonchev–Trinajstić information content (AvgIpc) is 2.82. The van der Waals surface area contributed by atoms with Crippen molar-refractivity contribution in [3.05, 3.63) is 40.9 Å². The number of nitrogens with one attached hydrogen (secondary N) is 1. The summed E-state index contributed by atoms with van der Waals surface area (Å²) in [5, 5.41) is 2.07. The summed E-state index contributed by atoms with van der Waals surface area (Å²) in [7, 11) is -3.68. The Labute approximate surface area is 120 Å². The number of Topliss-reactive ketones (excluding diaryl/α,β-unsaturated/α-hetero) is 1. The molecule has 106 valence electrons. The van der Waals surface area contributed by atoms with E-state index >= 15 is 0 Å². The Morgan fingerprint density at radius 2 is 2.20 bits per heavy atom. The summed E-state index contributed by atoms with van der Waals surface area (Å²) in [5.41, 5.74) is 6.38. The molecule has 6 nitrogen and oxygen atoms in total. The van der Waals surface area contributed by atoms with Gasteiger partial charge in [-0.3, -0.25) is 4.79 Å². The maximum atomic E-state index is 12.1. The minimum absolute atomic E-state index is 0.0494. The molecular weight excluding hydrogens is 298 g/mol. The number of nitrogens with two attached hydrogens (primary N) is 1. The molecule has 0 aliphatic heterocycles. The van der Waals surface area contributed by atoms with Crippen LogP contribution < -0.4 is 10.5 Å². The highest BCUT2D eigenvalue weighted by Crippen LogP contribution is 2.14. The second-order valence-electron chi connectivity index (χ2n) is 4.09. The summed E-state index contributed by atoms with van der Waals surface area (Å²) in [6.07, 6.45) is 0. The van der Waals surface area contributed by atoms with Gasteiger partial charge in [-0.25, -0.2) is 18.1 Å². The maximum Gasteiger partial charge on any atom is 0.240 e. The SMILES string of the molecule is CC(=O)c1cccc(S(=O)(=O)NCc2csc(N)n2)c1. The van der Waals surface area contributed by atoms with Crippen molar-refractivity contribution in [2.45, 2.75) is 18.4 Å². The second-order valence-corrected chi connectivity index (χ2v) is 6.74. The van der Waals surface area contributed by atoms with Crippen LogP contribution in [0.1, 0.15) is 23.0 Å². The van der Waals surface area contributed by atoms with Gasteiger partial charge < -0.3 is 5.73 Å². The van der Waals surface area contributed by atoms with E-state index in [-0.39, 0.29) is 17.2 Å². The standard InChI is InChI=1S/C12H13N3O3S2/c1-8(16)9-3-2-4-11(5-9)20(17,18)14-6-10-7-19-12(13)15-10/h2-5,7,14H,6H2,1H3,(H2,13,15). The molecule has 0 saturated heterocycles. The van der Waals surface area contributed by atoms with Gasteiger partial charge in [0.05, 0.1) is 17.1 Å². The van der Waals surface area contributed by atoms with Crippen LogP contribution in [0.4, 0.5) is 5.13 Å². The van der Waals surface area contributed by atoms with Gasteiger partial charge in [0.1, 0.15) is 0 Å². The van der Waals surface area contributed by atoms with Crippen molar-refractivity contribution in [3.63, 3.8) is 0 Å². The van der Waals surface area contributed by atoms with Crippen LogP contribution in [-0.2, 0) is 16.6 Å². The molecule has 0 atom stereocenters. The van der Waals surface area contributed by atoms with Gasteiger partial charge in [0.15, 0.2) is 10.9 Å². The number of benzene rings is 1. The number of hydrogen-bond acceptors (Lipinski definition) is 6. The molecule has 1 heterocycles. The molecule has 0 aliphatic carbocycles. The molecule has 20 heavy (non-hydrogen) atoms. The normalized spacial score (nSPS) is 11.4. The second kappa shape index (κ2) is 5.70. The molecule has 1 aromatic carbocycles. The molecule has 8 heteroatoms. The Morgan fingerprint density at radius 1 is 1.45 bits per heavy atom. The number of sulfonamides is 1. The van der Waals surface area contributed by atoms with Gasteiger partial charge in [-0.1, -0.05) is 12.1 Å².